The van der Waals surface area contributed by atoms with E-state index in [2.05, 4.69) is 13.8 Å². The average molecular weight is 430 g/mol. The molecule has 28 heavy (non-hydrogen) atoms. The van der Waals surface area contributed by atoms with Crippen LogP contribution in [0.5, 0.6) is 11.5 Å². The lowest BCUT2D eigenvalue weighted by molar-refractivity contribution is 0.0958. The molecule has 0 fully saturated rings. The van der Waals surface area contributed by atoms with Crippen molar-refractivity contribution in [1.82, 2.24) is 0 Å². The lowest BCUT2D eigenvalue weighted by Gasteiger charge is -2.43. The Kier molecular flexibility index (Phi) is 4.77. The van der Waals surface area contributed by atoms with E-state index in [4.69, 9.17) is 21.7 Å². The molecule has 7 heteroatoms. The molecule has 0 aliphatic carbocycles. The van der Waals surface area contributed by atoms with Crippen LogP contribution < -0.4 is 14.4 Å². The van der Waals surface area contributed by atoms with Gasteiger partial charge in [-0.05, 0) is 44.2 Å². The summed E-state index contributed by atoms with van der Waals surface area (Å²) in [6.07, 6.45) is 0. The van der Waals surface area contributed by atoms with E-state index in [1.165, 1.54) is 0 Å². The lowest BCUT2D eigenvalue weighted by atomic mass is 9.86. The summed E-state index contributed by atoms with van der Waals surface area (Å²) in [4.78, 5) is 16.7. The van der Waals surface area contributed by atoms with Crippen molar-refractivity contribution < 1.29 is 14.3 Å². The van der Waals surface area contributed by atoms with Gasteiger partial charge in [-0.15, -0.1) is 0 Å². The number of benzene rings is 2. The normalized spacial score (nSPS) is 14.2. The second-order valence-electron chi connectivity index (χ2n) is 6.94. The fraction of sp³-hybridized carbons (Fsp3) is 0.238. The highest BCUT2D eigenvalue weighted by atomic mass is 32.9. The molecule has 4 rings (SSSR count). The topological polar surface area (TPSA) is 38.8 Å². The molecule has 1 aliphatic heterocycles. The number of carbonyl (C=O) groups excluding carboxylic acids is 1. The summed E-state index contributed by atoms with van der Waals surface area (Å²) in [6.45, 7) is 4.12. The van der Waals surface area contributed by atoms with Gasteiger partial charge in [0, 0.05) is 11.1 Å². The molecule has 0 spiro atoms. The number of methoxy groups -OCH3 is 2. The SMILES string of the molecule is COc1ccc2c(c1)-c1c(ssc1=S)C(C)(C)N2C(=O)c1ccccc1OC. The molecule has 1 amide bonds. The largest absolute Gasteiger partial charge is 0.497 e. The van der Waals surface area contributed by atoms with Gasteiger partial charge in [-0.2, -0.15) is 0 Å². The second-order valence-corrected chi connectivity index (χ2v) is 9.76. The van der Waals surface area contributed by atoms with Crippen molar-refractivity contribution in [3.63, 3.8) is 0 Å². The van der Waals surface area contributed by atoms with Crippen molar-refractivity contribution in [3.05, 3.63) is 56.7 Å². The Bertz CT molecular complexity index is 1130. The summed E-state index contributed by atoms with van der Waals surface area (Å²) in [5.74, 6) is 1.19. The molecule has 0 unspecified atom stereocenters. The van der Waals surface area contributed by atoms with Crippen LogP contribution in [-0.4, -0.2) is 20.1 Å². The number of nitrogens with zero attached hydrogens (tertiary/aromatic N) is 1. The van der Waals surface area contributed by atoms with E-state index in [1.54, 1.807) is 47.0 Å². The zero-order valence-electron chi connectivity index (χ0n) is 15.9. The minimum absolute atomic E-state index is 0.108. The quantitative estimate of drug-likeness (QED) is 0.371. The van der Waals surface area contributed by atoms with Crippen molar-refractivity contribution >= 4 is 44.5 Å². The third-order valence-electron chi connectivity index (χ3n) is 5.00. The predicted octanol–water partition coefficient (Wildman–Crippen LogP) is 6.12. The number of rotatable bonds is 3. The van der Waals surface area contributed by atoms with Crippen molar-refractivity contribution in [1.29, 1.82) is 0 Å². The summed E-state index contributed by atoms with van der Waals surface area (Å²) in [5, 5.41) is 0. The van der Waals surface area contributed by atoms with Gasteiger partial charge in [0.05, 0.1) is 35.9 Å². The van der Waals surface area contributed by atoms with Crippen LogP contribution in [0.3, 0.4) is 0 Å². The van der Waals surface area contributed by atoms with E-state index in [1.807, 2.05) is 35.2 Å². The van der Waals surface area contributed by atoms with Crippen LogP contribution in [0.2, 0.25) is 0 Å². The molecule has 0 saturated carbocycles. The zero-order valence-corrected chi connectivity index (χ0v) is 18.4. The standard InChI is InChI=1S/C21H19NO3S3/c1-21(2)18-17(20(26)28-27-18)14-11-12(24-3)9-10-15(14)22(21)19(23)13-7-5-6-8-16(13)25-4/h5-11H,1-4H3. The second kappa shape index (κ2) is 6.99. The Morgan fingerprint density at radius 3 is 2.54 bits per heavy atom. The molecule has 144 valence electrons. The summed E-state index contributed by atoms with van der Waals surface area (Å²) in [5.41, 5.74) is 2.77. The van der Waals surface area contributed by atoms with Crippen LogP contribution in [0.15, 0.2) is 42.5 Å². The first-order valence-electron chi connectivity index (χ1n) is 8.69. The van der Waals surface area contributed by atoms with Crippen molar-refractivity contribution in [2.45, 2.75) is 19.4 Å². The van der Waals surface area contributed by atoms with Crippen molar-refractivity contribution in [2.24, 2.45) is 0 Å². The molecule has 2 aromatic carbocycles. The Balaban J connectivity index is 1.98. The first-order chi connectivity index (χ1) is 13.4. The van der Waals surface area contributed by atoms with Gasteiger partial charge >= 0.3 is 0 Å². The highest BCUT2D eigenvalue weighted by Gasteiger charge is 2.43. The van der Waals surface area contributed by atoms with Gasteiger partial charge in [-0.1, -0.05) is 45.0 Å². The van der Waals surface area contributed by atoms with Crippen LogP contribution in [0.25, 0.3) is 11.1 Å². The van der Waals surface area contributed by atoms with Gasteiger partial charge < -0.3 is 9.47 Å². The number of anilines is 1. The molecule has 2 heterocycles. The molecule has 1 aliphatic rings. The van der Waals surface area contributed by atoms with Crippen LogP contribution in [0, 0.1) is 3.82 Å². The molecule has 4 nitrogen and oxygen atoms in total. The first kappa shape index (κ1) is 19.1. The fourth-order valence-electron chi connectivity index (χ4n) is 3.64. The Morgan fingerprint density at radius 2 is 1.82 bits per heavy atom. The average Bonchev–Trinajstić information content (AvgIpc) is 3.10. The monoisotopic (exact) mass is 429 g/mol. The zero-order chi connectivity index (χ0) is 20.1. The van der Waals surface area contributed by atoms with Gasteiger partial charge in [-0.3, -0.25) is 9.69 Å². The molecule has 0 bridgehead atoms. The molecule has 0 N–H and O–H groups in total. The lowest BCUT2D eigenvalue weighted by Crippen LogP contribution is -2.47. The van der Waals surface area contributed by atoms with Crippen LogP contribution >= 0.6 is 32.9 Å². The van der Waals surface area contributed by atoms with Gasteiger partial charge in [0.25, 0.3) is 5.91 Å². The Morgan fingerprint density at radius 1 is 1.07 bits per heavy atom. The Labute approximate surface area is 176 Å². The van der Waals surface area contributed by atoms with Crippen LogP contribution in [-0.2, 0) is 5.54 Å². The van der Waals surface area contributed by atoms with Crippen molar-refractivity contribution in [3.8, 4) is 22.6 Å². The number of carbonyl (C=O) groups is 1. The highest BCUT2D eigenvalue weighted by Crippen LogP contribution is 2.53. The minimum atomic E-state index is -0.549. The third kappa shape index (κ3) is 2.77. The number of ether oxygens (including phenoxy) is 2. The predicted molar refractivity (Wildman–Crippen MR) is 118 cm³/mol. The van der Waals surface area contributed by atoms with Gasteiger partial charge in [0.1, 0.15) is 15.3 Å². The number of para-hydroxylation sites is 1. The third-order valence-corrected chi connectivity index (χ3v) is 8.33. The van der Waals surface area contributed by atoms with E-state index in [0.717, 1.165) is 31.3 Å². The number of hydrogen-bond acceptors (Lipinski definition) is 6. The van der Waals surface area contributed by atoms with Crippen molar-refractivity contribution in [2.75, 3.05) is 19.1 Å². The fourth-order valence-corrected chi connectivity index (χ4v) is 6.92. The van der Waals surface area contributed by atoms with Crippen LogP contribution in [0.4, 0.5) is 5.69 Å². The van der Waals surface area contributed by atoms with E-state index in [-0.39, 0.29) is 5.91 Å². The molecule has 0 radical (unpaired) electrons. The van der Waals surface area contributed by atoms with Crippen LogP contribution in [0.1, 0.15) is 29.1 Å². The summed E-state index contributed by atoms with van der Waals surface area (Å²) in [7, 11) is 6.42. The van der Waals surface area contributed by atoms with E-state index in [0.29, 0.717) is 11.3 Å². The highest BCUT2D eigenvalue weighted by molar-refractivity contribution is 7.80. The maximum Gasteiger partial charge on any atom is 0.262 e. The molecule has 0 atom stereocenters. The number of amides is 1. The van der Waals surface area contributed by atoms with Gasteiger partial charge in [-0.25, -0.2) is 0 Å². The first-order valence-corrected chi connectivity index (χ1v) is 11.3. The molecular weight excluding hydrogens is 410 g/mol. The summed E-state index contributed by atoms with van der Waals surface area (Å²) in [6, 6.07) is 13.1. The smallest absolute Gasteiger partial charge is 0.262 e. The minimum Gasteiger partial charge on any atom is -0.497 e. The van der Waals surface area contributed by atoms with Gasteiger partial charge in [0.15, 0.2) is 0 Å². The molecular formula is C21H19NO3S3. The molecule has 1 aromatic heterocycles. The number of hydrogen-bond donors (Lipinski definition) is 0. The van der Waals surface area contributed by atoms with Gasteiger partial charge in [0.2, 0.25) is 0 Å². The van der Waals surface area contributed by atoms with E-state index < -0.39 is 5.54 Å². The summed E-state index contributed by atoms with van der Waals surface area (Å²) >= 11 is 5.63. The van der Waals surface area contributed by atoms with E-state index >= 15 is 0 Å². The molecule has 3 aromatic rings. The Hall–Kier alpha value is -2.22. The maximum absolute atomic E-state index is 13.7. The molecule has 0 saturated heterocycles. The summed E-state index contributed by atoms with van der Waals surface area (Å²) < 4.78 is 11.7. The maximum atomic E-state index is 13.7. The number of fused-ring (bicyclic) bond motifs is 3. The van der Waals surface area contributed by atoms with E-state index in [9.17, 15) is 4.79 Å².